The van der Waals surface area contributed by atoms with Gasteiger partial charge in [0, 0.05) is 10.5 Å². The predicted octanol–water partition coefficient (Wildman–Crippen LogP) is 4.48. The minimum Gasteiger partial charge on any atom is -0.388 e. The molecule has 1 atom stereocenters. The fraction of sp³-hybridized carbons (Fsp3) is 0.188. The van der Waals surface area contributed by atoms with Gasteiger partial charge in [-0.05, 0) is 23.3 Å². The molecule has 0 bridgehead atoms. The van der Waals surface area contributed by atoms with E-state index >= 15 is 0 Å². The van der Waals surface area contributed by atoms with Gasteiger partial charge in [0.1, 0.15) is 6.61 Å². The Morgan fingerprint density at radius 3 is 1.91 bits per heavy atom. The van der Waals surface area contributed by atoms with Crippen molar-refractivity contribution in [2.75, 3.05) is 6.61 Å². The van der Waals surface area contributed by atoms with Crippen LogP contribution in [0.4, 0.5) is 17.6 Å². The molecular weight excluding hydrogens is 332 g/mol. The third kappa shape index (κ3) is 4.56. The van der Waals surface area contributed by atoms with Gasteiger partial charge in [0.15, 0.2) is 5.78 Å². The van der Waals surface area contributed by atoms with Crippen LogP contribution in [0.2, 0.25) is 0 Å². The number of thioether (sulfide) groups is 1. The van der Waals surface area contributed by atoms with Crippen molar-refractivity contribution in [2.24, 2.45) is 0 Å². The molecule has 7 heteroatoms. The van der Waals surface area contributed by atoms with Gasteiger partial charge in [-0.25, -0.2) is 4.39 Å². The van der Waals surface area contributed by atoms with Crippen molar-refractivity contribution in [1.29, 1.82) is 0 Å². The molecule has 0 amide bonds. The Morgan fingerprint density at radius 1 is 1.00 bits per heavy atom. The normalized spacial score (nSPS) is 12.9. The van der Waals surface area contributed by atoms with Gasteiger partial charge < -0.3 is 5.11 Å². The summed E-state index contributed by atoms with van der Waals surface area (Å²) in [7, 11) is 0. The minimum absolute atomic E-state index is 0.0996. The number of alkyl halides is 4. The van der Waals surface area contributed by atoms with E-state index in [1.54, 1.807) is 36.4 Å². The van der Waals surface area contributed by atoms with Gasteiger partial charge in [0.2, 0.25) is 5.50 Å². The number of Topliss-reactive ketones (excluding diaryl/α,β-unsaturated/α-hetero) is 1. The highest BCUT2D eigenvalue weighted by atomic mass is 32.2. The topological polar surface area (TPSA) is 37.3 Å². The largest absolute Gasteiger partial charge is 0.429 e. The van der Waals surface area contributed by atoms with Gasteiger partial charge >= 0.3 is 6.18 Å². The van der Waals surface area contributed by atoms with Gasteiger partial charge in [-0.2, -0.15) is 13.2 Å². The molecule has 0 aliphatic rings. The summed E-state index contributed by atoms with van der Waals surface area (Å²) >= 11 is 0.0996. The van der Waals surface area contributed by atoms with Gasteiger partial charge in [0.05, 0.1) is 0 Å². The fourth-order valence-corrected chi connectivity index (χ4v) is 2.52. The van der Waals surface area contributed by atoms with Crippen LogP contribution in [0, 0.1) is 0 Å². The molecule has 23 heavy (non-hydrogen) atoms. The van der Waals surface area contributed by atoms with E-state index in [0.29, 0.717) is 5.56 Å². The first-order chi connectivity index (χ1) is 10.8. The minimum atomic E-state index is -4.89. The zero-order valence-corrected chi connectivity index (χ0v) is 12.5. The van der Waals surface area contributed by atoms with Crippen molar-refractivity contribution in [3.63, 3.8) is 0 Å². The molecule has 1 N–H and O–H groups in total. The summed E-state index contributed by atoms with van der Waals surface area (Å²) in [6, 6.07) is 12.4. The Labute approximate surface area is 134 Å². The number of halogens is 4. The van der Waals surface area contributed by atoms with Crippen molar-refractivity contribution in [3.8, 4) is 11.1 Å². The van der Waals surface area contributed by atoms with E-state index in [4.69, 9.17) is 5.11 Å². The predicted molar refractivity (Wildman–Crippen MR) is 80.1 cm³/mol. The Bertz CT molecular complexity index is 666. The van der Waals surface area contributed by atoms with Gasteiger partial charge in [0.25, 0.3) is 0 Å². The molecule has 122 valence electrons. The first-order valence-electron chi connectivity index (χ1n) is 6.53. The summed E-state index contributed by atoms with van der Waals surface area (Å²) in [6.45, 7) is -0.575. The second-order valence-electron chi connectivity index (χ2n) is 4.66. The fourth-order valence-electron chi connectivity index (χ4n) is 1.85. The van der Waals surface area contributed by atoms with Crippen LogP contribution in [0.5, 0.6) is 0 Å². The Morgan fingerprint density at radius 2 is 1.48 bits per heavy atom. The van der Waals surface area contributed by atoms with Crippen LogP contribution in [-0.2, 0) is 0 Å². The second kappa shape index (κ2) is 7.14. The maximum Gasteiger partial charge on any atom is 0.429 e. The van der Waals surface area contributed by atoms with E-state index in [1.807, 2.05) is 0 Å². The number of aliphatic hydroxyl groups excluding tert-OH is 1. The lowest BCUT2D eigenvalue weighted by Gasteiger charge is -2.12. The number of ketones is 1. The lowest BCUT2D eigenvalue weighted by molar-refractivity contribution is -0.154. The lowest BCUT2D eigenvalue weighted by atomic mass is 10.0. The number of hydrogen-bond acceptors (Lipinski definition) is 3. The highest BCUT2D eigenvalue weighted by Crippen LogP contribution is 2.36. The SMILES string of the molecule is O=C(CO)c1ccc(-c2ccc(SC(F)C(F)(F)F)cc2)cc1. The van der Waals surface area contributed by atoms with Crippen molar-refractivity contribution in [3.05, 3.63) is 54.1 Å². The van der Waals surface area contributed by atoms with Gasteiger partial charge in [-0.15, -0.1) is 0 Å². The van der Waals surface area contributed by atoms with Crippen LogP contribution in [0.1, 0.15) is 10.4 Å². The number of hydrogen-bond donors (Lipinski definition) is 1. The molecule has 2 nitrogen and oxygen atoms in total. The molecule has 2 aromatic carbocycles. The molecule has 0 aliphatic carbocycles. The highest BCUT2D eigenvalue weighted by molar-refractivity contribution is 7.99. The average Bonchev–Trinajstić information content (AvgIpc) is 2.54. The average molecular weight is 344 g/mol. The summed E-state index contributed by atoms with van der Waals surface area (Å²) in [4.78, 5) is 11.5. The number of carbonyl (C=O) groups is 1. The summed E-state index contributed by atoms with van der Waals surface area (Å²) in [5, 5.41) is 8.77. The van der Waals surface area contributed by atoms with E-state index in [9.17, 15) is 22.4 Å². The summed E-state index contributed by atoms with van der Waals surface area (Å²) in [6.07, 6.45) is -4.89. The summed E-state index contributed by atoms with van der Waals surface area (Å²) in [5.74, 6) is -0.399. The molecule has 0 saturated carbocycles. The van der Waals surface area contributed by atoms with Crippen LogP contribution in [0.3, 0.4) is 0 Å². The quantitative estimate of drug-likeness (QED) is 0.494. The van der Waals surface area contributed by atoms with Crippen LogP contribution in [0.25, 0.3) is 11.1 Å². The molecule has 0 heterocycles. The van der Waals surface area contributed by atoms with Crippen molar-refractivity contribution < 1.29 is 27.5 Å². The van der Waals surface area contributed by atoms with Crippen LogP contribution >= 0.6 is 11.8 Å². The standard InChI is InChI=1S/C16H12F4O2S/c17-15(16(18,19)20)23-13-7-5-11(6-8-13)10-1-3-12(4-2-10)14(22)9-21/h1-8,15,21H,9H2. The van der Waals surface area contributed by atoms with Crippen LogP contribution < -0.4 is 0 Å². The molecule has 1 unspecified atom stereocenters. The monoisotopic (exact) mass is 344 g/mol. The molecule has 2 aromatic rings. The van der Waals surface area contributed by atoms with Gasteiger partial charge in [-0.3, -0.25) is 4.79 Å². The smallest absolute Gasteiger partial charge is 0.388 e. The molecule has 0 saturated heterocycles. The maximum absolute atomic E-state index is 13.0. The third-order valence-corrected chi connectivity index (χ3v) is 4.05. The zero-order valence-electron chi connectivity index (χ0n) is 11.7. The van der Waals surface area contributed by atoms with E-state index in [2.05, 4.69) is 0 Å². The van der Waals surface area contributed by atoms with Crippen molar-refractivity contribution in [1.82, 2.24) is 0 Å². The first-order valence-corrected chi connectivity index (χ1v) is 7.41. The first kappa shape index (κ1) is 17.5. The summed E-state index contributed by atoms with van der Waals surface area (Å²) < 4.78 is 49.5. The molecule has 0 aliphatic heterocycles. The van der Waals surface area contributed by atoms with E-state index in [-0.39, 0.29) is 16.7 Å². The summed E-state index contributed by atoms with van der Waals surface area (Å²) in [5.41, 5.74) is -1.12. The Hall–Kier alpha value is -1.86. The van der Waals surface area contributed by atoms with E-state index in [0.717, 1.165) is 11.1 Å². The Balaban J connectivity index is 2.12. The maximum atomic E-state index is 13.0. The van der Waals surface area contributed by atoms with E-state index in [1.165, 1.54) is 12.1 Å². The molecular formula is C16H12F4O2S. The number of benzene rings is 2. The van der Waals surface area contributed by atoms with Gasteiger partial charge in [-0.1, -0.05) is 48.2 Å². The lowest BCUT2D eigenvalue weighted by Crippen LogP contribution is -2.20. The molecule has 0 radical (unpaired) electrons. The van der Waals surface area contributed by atoms with Crippen molar-refractivity contribution >= 4 is 17.5 Å². The second-order valence-corrected chi connectivity index (χ2v) is 5.78. The Kier molecular flexibility index (Phi) is 5.43. The van der Waals surface area contributed by atoms with Crippen molar-refractivity contribution in [2.45, 2.75) is 16.6 Å². The number of rotatable bonds is 5. The number of carbonyl (C=O) groups excluding carboxylic acids is 1. The molecule has 0 fully saturated rings. The molecule has 2 rings (SSSR count). The highest BCUT2D eigenvalue weighted by Gasteiger charge is 2.40. The van der Waals surface area contributed by atoms with Crippen LogP contribution in [-0.4, -0.2) is 29.2 Å². The third-order valence-electron chi connectivity index (χ3n) is 3.04. The molecule has 0 spiro atoms. The number of aliphatic hydroxyl groups is 1. The molecule has 0 aromatic heterocycles. The van der Waals surface area contributed by atoms with Crippen LogP contribution in [0.15, 0.2) is 53.4 Å². The zero-order chi connectivity index (χ0) is 17.0. The van der Waals surface area contributed by atoms with E-state index < -0.39 is 24.1 Å².